The standard InChI is InChI=1S/C18H15ClIN3O2S/c1-2-3-16(24)23-18-22-14-7-5-11(9-15(14)26-18)21-17(25)12-8-10(20)4-6-13(12)19/h4-9H,2-3H2,1H3,(H,21,25)(H,22,23,24). The van der Waals surface area contributed by atoms with Gasteiger partial charge in [-0.3, -0.25) is 9.59 Å². The molecular weight excluding hydrogens is 485 g/mol. The Balaban J connectivity index is 1.79. The highest BCUT2D eigenvalue weighted by Crippen LogP contribution is 2.29. The fourth-order valence-electron chi connectivity index (χ4n) is 2.33. The summed E-state index contributed by atoms with van der Waals surface area (Å²) in [6, 6.07) is 10.7. The summed E-state index contributed by atoms with van der Waals surface area (Å²) in [6.07, 6.45) is 1.25. The summed E-state index contributed by atoms with van der Waals surface area (Å²) >= 11 is 9.63. The third-order valence-corrected chi connectivity index (χ3v) is 5.48. The average molecular weight is 500 g/mol. The topological polar surface area (TPSA) is 71.1 Å². The lowest BCUT2D eigenvalue weighted by Gasteiger charge is -2.07. The zero-order valence-corrected chi connectivity index (χ0v) is 17.5. The summed E-state index contributed by atoms with van der Waals surface area (Å²) in [6.45, 7) is 1.95. The first-order valence-electron chi connectivity index (χ1n) is 7.93. The number of carbonyl (C=O) groups excluding carboxylic acids is 2. The minimum atomic E-state index is -0.270. The maximum Gasteiger partial charge on any atom is 0.257 e. The van der Waals surface area contributed by atoms with Gasteiger partial charge < -0.3 is 10.6 Å². The number of carbonyl (C=O) groups is 2. The maximum atomic E-state index is 12.5. The summed E-state index contributed by atoms with van der Waals surface area (Å²) in [4.78, 5) is 28.6. The number of anilines is 2. The normalized spacial score (nSPS) is 10.7. The highest BCUT2D eigenvalue weighted by molar-refractivity contribution is 14.1. The van der Waals surface area contributed by atoms with Gasteiger partial charge in [0.15, 0.2) is 5.13 Å². The molecule has 2 N–H and O–H groups in total. The van der Waals surface area contributed by atoms with E-state index in [9.17, 15) is 9.59 Å². The Morgan fingerprint density at radius 3 is 2.77 bits per heavy atom. The number of halogens is 2. The van der Waals surface area contributed by atoms with E-state index >= 15 is 0 Å². The SMILES string of the molecule is CCCC(=O)Nc1nc2ccc(NC(=O)c3cc(I)ccc3Cl)cc2s1. The summed E-state index contributed by atoms with van der Waals surface area (Å²) in [5.74, 6) is -0.317. The predicted molar refractivity (Wildman–Crippen MR) is 115 cm³/mol. The first-order valence-corrected chi connectivity index (χ1v) is 10.2. The van der Waals surface area contributed by atoms with Crippen LogP contribution in [0.25, 0.3) is 10.2 Å². The second-order valence-electron chi connectivity index (χ2n) is 5.58. The number of hydrogen-bond donors (Lipinski definition) is 2. The monoisotopic (exact) mass is 499 g/mol. The second-order valence-corrected chi connectivity index (χ2v) is 8.26. The van der Waals surface area contributed by atoms with E-state index in [2.05, 4.69) is 38.2 Å². The first kappa shape index (κ1) is 19.1. The number of nitrogens with one attached hydrogen (secondary N) is 2. The molecule has 3 aromatic rings. The van der Waals surface area contributed by atoms with Crippen molar-refractivity contribution in [1.29, 1.82) is 0 Å². The largest absolute Gasteiger partial charge is 0.322 e. The predicted octanol–water partition coefficient (Wildman–Crippen LogP) is 5.55. The zero-order valence-electron chi connectivity index (χ0n) is 13.8. The molecule has 134 valence electrons. The van der Waals surface area contributed by atoms with Crippen molar-refractivity contribution in [2.75, 3.05) is 10.6 Å². The Morgan fingerprint density at radius 2 is 2.00 bits per heavy atom. The van der Waals surface area contributed by atoms with Gasteiger partial charge in [0.05, 0.1) is 20.8 Å². The van der Waals surface area contributed by atoms with E-state index < -0.39 is 0 Å². The highest BCUT2D eigenvalue weighted by atomic mass is 127. The van der Waals surface area contributed by atoms with E-state index in [0.717, 1.165) is 20.2 Å². The summed E-state index contributed by atoms with van der Waals surface area (Å²) in [7, 11) is 0. The molecule has 5 nitrogen and oxygen atoms in total. The molecule has 8 heteroatoms. The van der Waals surface area contributed by atoms with Gasteiger partial charge in [0.2, 0.25) is 5.91 Å². The number of thiazole rings is 1. The molecule has 0 radical (unpaired) electrons. The summed E-state index contributed by atoms with van der Waals surface area (Å²) in [5, 5.41) is 6.61. The lowest BCUT2D eigenvalue weighted by Crippen LogP contribution is -2.12. The quantitative estimate of drug-likeness (QED) is 0.453. The lowest BCUT2D eigenvalue weighted by molar-refractivity contribution is -0.116. The number of nitrogens with zero attached hydrogens (tertiary/aromatic N) is 1. The van der Waals surface area contributed by atoms with Crippen molar-refractivity contribution in [3.63, 3.8) is 0 Å². The average Bonchev–Trinajstić information content (AvgIpc) is 2.98. The summed E-state index contributed by atoms with van der Waals surface area (Å²) < 4.78 is 1.81. The van der Waals surface area contributed by atoms with Crippen LogP contribution >= 0.6 is 45.5 Å². The van der Waals surface area contributed by atoms with Crippen LogP contribution in [0.2, 0.25) is 5.02 Å². The van der Waals surface area contributed by atoms with Crippen molar-refractivity contribution in [2.24, 2.45) is 0 Å². The Kier molecular flexibility index (Phi) is 6.10. The van der Waals surface area contributed by atoms with Gasteiger partial charge in [-0.25, -0.2) is 4.98 Å². The smallest absolute Gasteiger partial charge is 0.257 e. The molecule has 0 aliphatic rings. The molecule has 0 aliphatic heterocycles. The van der Waals surface area contributed by atoms with Crippen LogP contribution in [-0.4, -0.2) is 16.8 Å². The van der Waals surface area contributed by atoms with Crippen LogP contribution in [0.1, 0.15) is 30.1 Å². The molecule has 0 saturated carbocycles. The second kappa shape index (κ2) is 8.32. The van der Waals surface area contributed by atoms with Gasteiger partial charge in [-0.05, 0) is 65.4 Å². The molecule has 0 spiro atoms. The van der Waals surface area contributed by atoms with Crippen LogP contribution in [0, 0.1) is 3.57 Å². The van der Waals surface area contributed by atoms with Gasteiger partial charge in [0.1, 0.15) is 0 Å². The zero-order chi connectivity index (χ0) is 18.7. The molecule has 0 atom stereocenters. The van der Waals surface area contributed by atoms with Gasteiger partial charge in [-0.2, -0.15) is 0 Å². The summed E-state index contributed by atoms with van der Waals surface area (Å²) in [5.41, 5.74) is 1.84. The fourth-order valence-corrected chi connectivity index (χ4v) is 3.95. The Hall–Kier alpha value is -1.71. The van der Waals surface area contributed by atoms with E-state index in [-0.39, 0.29) is 11.8 Å². The number of benzene rings is 2. The Labute approximate surface area is 173 Å². The molecule has 0 aliphatic carbocycles. The van der Waals surface area contributed by atoms with Crippen LogP contribution in [-0.2, 0) is 4.79 Å². The molecule has 1 heterocycles. The van der Waals surface area contributed by atoms with Crippen LogP contribution in [0.3, 0.4) is 0 Å². The maximum absolute atomic E-state index is 12.5. The molecule has 0 fully saturated rings. The highest BCUT2D eigenvalue weighted by Gasteiger charge is 2.13. The van der Waals surface area contributed by atoms with Gasteiger partial charge in [0, 0.05) is 15.7 Å². The van der Waals surface area contributed by atoms with Crippen LogP contribution in [0.5, 0.6) is 0 Å². The third kappa shape index (κ3) is 4.52. The molecule has 0 saturated heterocycles. The molecule has 3 rings (SSSR count). The Morgan fingerprint density at radius 1 is 1.19 bits per heavy atom. The van der Waals surface area contributed by atoms with E-state index in [1.807, 2.05) is 25.1 Å². The molecule has 2 aromatic carbocycles. The molecular formula is C18H15ClIN3O2S. The number of amides is 2. The van der Waals surface area contributed by atoms with Gasteiger partial charge in [0.25, 0.3) is 5.91 Å². The van der Waals surface area contributed by atoms with Crippen LogP contribution in [0.15, 0.2) is 36.4 Å². The third-order valence-electron chi connectivity index (χ3n) is 3.54. The van der Waals surface area contributed by atoms with E-state index in [4.69, 9.17) is 11.6 Å². The number of hydrogen-bond acceptors (Lipinski definition) is 4. The van der Waals surface area contributed by atoms with Crippen molar-refractivity contribution < 1.29 is 9.59 Å². The minimum Gasteiger partial charge on any atom is -0.322 e. The molecule has 0 bridgehead atoms. The van der Waals surface area contributed by atoms with Crippen LogP contribution < -0.4 is 10.6 Å². The van der Waals surface area contributed by atoms with Crippen molar-refractivity contribution >= 4 is 78.4 Å². The minimum absolute atomic E-state index is 0.0478. The number of aromatic nitrogens is 1. The molecule has 26 heavy (non-hydrogen) atoms. The number of fused-ring (bicyclic) bond motifs is 1. The first-order chi connectivity index (χ1) is 12.5. The van der Waals surface area contributed by atoms with Gasteiger partial charge in [-0.1, -0.05) is 29.9 Å². The van der Waals surface area contributed by atoms with Gasteiger partial charge >= 0.3 is 0 Å². The van der Waals surface area contributed by atoms with Crippen molar-refractivity contribution in [3.8, 4) is 0 Å². The lowest BCUT2D eigenvalue weighted by atomic mass is 10.2. The van der Waals surface area contributed by atoms with Crippen molar-refractivity contribution in [1.82, 2.24) is 4.98 Å². The van der Waals surface area contributed by atoms with E-state index in [1.54, 1.807) is 18.2 Å². The van der Waals surface area contributed by atoms with Crippen molar-refractivity contribution in [2.45, 2.75) is 19.8 Å². The fraction of sp³-hybridized carbons (Fsp3) is 0.167. The molecule has 1 aromatic heterocycles. The van der Waals surface area contributed by atoms with Crippen molar-refractivity contribution in [3.05, 3.63) is 50.6 Å². The molecule has 0 unspecified atom stereocenters. The molecule has 2 amide bonds. The number of rotatable bonds is 5. The van der Waals surface area contributed by atoms with Gasteiger partial charge in [-0.15, -0.1) is 0 Å². The van der Waals surface area contributed by atoms with Crippen LogP contribution in [0.4, 0.5) is 10.8 Å². The van der Waals surface area contributed by atoms with E-state index in [1.165, 1.54) is 11.3 Å². The Bertz CT molecular complexity index is 990. The van der Waals surface area contributed by atoms with E-state index in [0.29, 0.717) is 27.8 Å².